The van der Waals surface area contributed by atoms with E-state index < -0.39 is 0 Å². The predicted octanol–water partition coefficient (Wildman–Crippen LogP) is 1.52. The smallest absolute Gasteiger partial charge is 0.265 e. The van der Waals surface area contributed by atoms with E-state index in [4.69, 9.17) is 5.84 Å². The molecule has 0 radical (unpaired) electrons. The minimum Gasteiger partial charge on any atom is -0.299 e. The van der Waals surface area contributed by atoms with Crippen LogP contribution >= 0.6 is 0 Å². The quantitative estimate of drug-likeness (QED) is 0.471. The van der Waals surface area contributed by atoms with Crippen LogP contribution in [-0.4, -0.2) is 23.9 Å². The molecule has 1 aromatic rings. The van der Waals surface area contributed by atoms with E-state index in [0.717, 1.165) is 12.5 Å². The van der Waals surface area contributed by atoms with Crippen molar-refractivity contribution < 1.29 is 4.79 Å². The number of rotatable bonds is 5. The Kier molecular flexibility index (Phi) is 3.99. The molecule has 2 rings (SSSR count). The van der Waals surface area contributed by atoms with Gasteiger partial charge in [-0.05, 0) is 50.4 Å². The molecular weight excluding hydrogens is 226 g/mol. The van der Waals surface area contributed by atoms with Crippen molar-refractivity contribution in [3.8, 4) is 0 Å². The highest BCUT2D eigenvalue weighted by Crippen LogP contribution is 2.35. The SMILES string of the molecule is CC(C1CC1)N(C)Cc1ccc(C(=O)NN)cc1. The highest BCUT2D eigenvalue weighted by Gasteiger charge is 2.30. The van der Waals surface area contributed by atoms with Gasteiger partial charge in [-0.25, -0.2) is 5.84 Å². The number of hydrazine groups is 1. The summed E-state index contributed by atoms with van der Waals surface area (Å²) in [5, 5.41) is 0. The zero-order valence-corrected chi connectivity index (χ0v) is 11.0. The first-order chi connectivity index (χ1) is 8.61. The van der Waals surface area contributed by atoms with E-state index in [1.54, 1.807) is 0 Å². The van der Waals surface area contributed by atoms with E-state index >= 15 is 0 Å². The Morgan fingerprint density at radius 1 is 1.44 bits per heavy atom. The molecule has 3 N–H and O–H groups in total. The number of hydrogen-bond acceptors (Lipinski definition) is 3. The Bertz CT molecular complexity index is 412. The van der Waals surface area contributed by atoms with Crippen LogP contribution in [0.5, 0.6) is 0 Å². The normalized spacial score (nSPS) is 16.7. The molecule has 0 aromatic heterocycles. The minimum absolute atomic E-state index is 0.249. The molecule has 0 bridgehead atoms. The maximum atomic E-state index is 11.3. The van der Waals surface area contributed by atoms with Crippen molar-refractivity contribution in [2.45, 2.75) is 32.4 Å². The third kappa shape index (κ3) is 3.09. The summed E-state index contributed by atoms with van der Waals surface area (Å²) < 4.78 is 0. The molecule has 1 fully saturated rings. The number of hydrogen-bond donors (Lipinski definition) is 2. The van der Waals surface area contributed by atoms with Crippen LogP contribution < -0.4 is 11.3 Å². The third-order valence-electron chi connectivity index (χ3n) is 3.78. The van der Waals surface area contributed by atoms with Gasteiger partial charge in [0.05, 0.1) is 0 Å². The number of nitrogens with zero attached hydrogens (tertiary/aromatic N) is 1. The summed E-state index contributed by atoms with van der Waals surface area (Å²) in [6.45, 7) is 3.20. The summed E-state index contributed by atoms with van der Waals surface area (Å²) in [6, 6.07) is 8.24. The number of nitrogen functional groups attached to an aromatic ring is 1. The second-order valence-electron chi connectivity index (χ2n) is 5.16. The molecule has 1 aliphatic rings. The van der Waals surface area contributed by atoms with Crippen molar-refractivity contribution in [2.75, 3.05) is 7.05 Å². The lowest BCUT2D eigenvalue weighted by molar-refractivity contribution is 0.0953. The molecule has 0 heterocycles. The molecule has 0 aliphatic heterocycles. The Morgan fingerprint density at radius 3 is 2.56 bits per heavy atom. The van der Waals surface area contributed by atoms with Crippen molar-refractivity contribution in [3.05, 3.63) is 35.4 Å². The molecule has 1 amide bonds. The zero-order valence-electron chi connectivity index (χ0n) is 11.0. The fourth-order valence-electron chi connectivity index (χ4n) is 2.22. The zero-order chi connectivity index (χ0) is 13.1. The molecular formula is C14H21N3O. The van der Waals surface area contributed by atoms with Gasteiger partial charge in [-0.2, -0.15) is 0 Å². The van der Waals surface area contributed by atoms with Crippen LogP contribution in [0.15, 0.2) is 24.3 Å². The molecule has 0 saturated heterocycles. The highest BCUT2D eigenvalue weighted by atomic mass is 16.2. The number of amides is 1. The van der Waals surface area contributed by atoms with Gasteiger partial charge in [-0.15, -0.1) is 0 Å². The monoisotopic (exact) mass is 247 g/mol. The first-order valence-electron chi connectivity index (χ1n) is 6.42. The molecule has 18 heavy (non-hydrogen) atoms. The second kappa shape index (κ2) is 5.50. The number of carbonyl (C=O) groups excluding carboxylic acids is 1. The predicted molar refractivity (Wildman–Crippen MR) is 71.7 cm³/mol. The van der Waals surface area contributed by atoms with Crippen LogP contribution in [0.3, 0.4) is 0 Å². The van der Waals surface area contributed by atoms with E-state index in [1.165, 1.54) is 18.4 Å². The van der Waals surface area contributed by atoms with Crippen LogP contribution in [0.25, 0.3) is 0 Å². The summed E-state index contributed by atoms with van der Waals surface area (Å²) in [5.41, 5.74) is 3.95. The Labute approximate surface area is 108 Å². The van der Waals surface area contributed by atoms with Crippen LogP contribution in [0.1, 0.15) is 35.7 Å². The van der Waals surface area contributed by atoms with Crippen LogP contribution in [0.4, 0.5) is 0 Å². The van der Waals surface area contributed by atoms with Gasteiger partial charge in [0, 0.05) is 18.2 Å². The van der Waals surface area contributed by atoms with Crippen LogP contribution in [-0.2, 0) is 6.54 Å². The Balaban J connectivity index is 1.95. The molecule has 1 aromatic carbocycles. The van der Waals surface area contributed by atoms with Gasteiger partial charge in [0.1, 0.15) is 0 Å². The third-order valence-corrected chi connectivity index (χ3v) is 3.78. The van der Waals surface area contributed by atoms with E-state index in [2.05, 4.69) is 24.3 Å². The van der Waals surface area contributed by atoms with Gasteiger partial charge in [0.25, 0.3) is 5.91 Å². The highest BCUT2D eigenvalue weighted by molar-refractivity contribution is 5.93. The second-order valence-corrected chi connectivity index (χ2v) is 5.16. The topological polar surface area (TPSA) is 58.4 Å². The molecule has 4 heteroatoms. The number of nitrogens with two attached hydrogens (primary N) is 1. The molecule has 1 atom stereocenters. The van der Waals surface area contributed by atoms with Gasteiger partial charge >= 0.3 is 0 Å². The van der Waals surface area contributed by atoms with Gasteiger partial charge in [-0.1, -0.05) is 12.1 Å². The first kappa shape index (κ1) is 13.1. The molecule has 1 aliphatic carbocycles. The molecule has 0 spiro atoms. The molecule has 1 unspecified atom stereocenters. The average molecular weight is 247 g/mol. The molecule has 1 saturated carbocycles. The summed E-state index contributed by atoms with van der Waals surface area (Å²) in [4.78, 5) is 13.7. The standard InChI is InChI=1S/C14H21N3O/c1-10(12-7-8-12)17(2)9-11-3-5-13(6-4-11)14(18)16-15/h3-6,10,12H,7-9,15H2,1-2H3,(H,16,18). The fourth-order valence-corrected chi connectivity index (χ4v) is 2.22. The van der Waals surface area contributed by atoms with Gasteiger partial charge in [0.15, 0.2) is 0 Å². The van der Waals surface area contributed by atoms with Crippen LogP contribution in [0, 0.1) is 5.92 Å². The van der Waals surface area contributed by atoms with E-state index in [1.807, 2.05) is 24.3 Å². The largest absolute Gasteiger partial charge is 0.299 e. The maximum absolute atomic E-state index is 11.3. The van der Waals surface area contributed by atoms with Gasteiger partial charge in [-0.3, -0.25) is 15.1 Å². The van der Waals surface area contributed by atoms with Crippen LogP contribution in [0.2, 0.25) is 0 Å². The number of benzene rings is 1. The molecule has 98 valence electrons. The molecule has 4 nitrogen and oxygen atoms in total. The summed E-state index contributed by atoms with van der Waals surface area (Å²) >= 11 is 0. The number of nitrogens with one attached hydrogen (secondary N) is 1. The van der Waals surface area contributed by atoms with Gasteiger partial charge in [0.2, 0.25) is 0 Å². The van der Waals surface area contributed by atoms with E-state index in [0.29, 0.717) is 11.6 Å². The number of carbonyl (C=O) groups is 1. The van der Waals surface area contributed by atoms with Crippen molar-refractivity contribution in [2.24, 2.45) is 11.8 Å². The lowest BCUT2D eigenvalue weighted by Gasteiger charge is -2.24. The fraction of sp³-hybridized carbons (Fsp3) is 0.500. The van der Waals surface area contributed by atoms with E-state index in [9.17, 15) is 4.79 Å². The lowest BCUT2D eigenvalue weighted by atomic mass is 10.1. The van der Waals surface area contributed by atoms with Crippen molar-refractivity contribution in [1.82, 2.24) is 10.3 Å². The summed E-state index contributed by atoms with van der Waals surface area (Å²) in [6.07, 6.45) is 2.72. The lowest BCUT2D eigenvalue weighted by Crippen LogP contribution is -2.31. The van der Waals surface area contributed by atoms with Crippen molar-refractivity contribution in [1.29, 1.82) is 0 Å². The Hall–Kier alpha value is -1.39. The van der Waals surface area contributed by atoms with Crippen molar-refractivity contribution in [3.63, 3.8) is 0 Å². The average Bonchev–Trinajstić information content (AvgIpc) is 3.22. The van der Waals surface area contributed by atoms with Gasteiger partial charge < -0.3 is 0 Å². The maximum Gasteiger partial charge on any atom is 0.265 e. The summed E-state index contributed by atoms with van der Waals surface area (Å²) in [5.74, 6) is 5.72. The van der Waals surface area contributed by atoms with E-state index in [-0.39, 0.29) is 5.91 Å². The van der Waals surface area contributed by atoms with Crippen molar-refractivity contribution >= 4 is 5.91 Å². The minimum atomic E-state index is -0.249. The Morgan fingerprint density at radius 2 is 2.06 bits per heavy atom. The summed E-state index contributed by atoms with van der Waals surface area (Å²) in [7, 11) is 2.16. The first-order valence-corrected chi connectivity index (χ1v) is 6.42.